The number of hydrazone groups is 1. The fraction of sp³-hybridized carbons (Fsp3) is 0.800. The van der Waals surface area contributed by atoms with Crippen molar-refractivity contribution in [2.45, 2.75) is 20.0 Å². The Morgan fingerprint density at radius 1 is 1.88 bits per heavy atom. The van der Waals surface area contributed by atoms with Crippen molar-refractivity contribution in [1.82, 2.24) is 5.43 Å². The minimum Gasteiger partial charge on any atom is -0.392 e. The van der Waals surface area contributed by atoms with Gasteiger partial charge in [-0.05, 0) is 13.8 Å². The molecule has 0 aromatic carbocycles. The Kier molecular flexibility index (Phi) is 4.26. The predicted octanol–water partition coefficient (Wildman–Crippen LogP) is -0.0375. The van der Waals surface area contributed by atoms with Crippen LogP contribution in [0.4, 0.5) is 0 Å². The van der Waals surface area contributed by atoms with Crippen molar-refractivity contribution < 1.29 is 5.11 Å². The van der Waals surface area contributed by atoms with E-state index in [9.17, 15) is 0 Å². The molecule has 0 aliphatic heterocycles. The van der Waals surface area contributed by atoms with Crippen LogP contribution in [0.5, 0.6) is 0 Å². The van der Waals surface area contributed by atoms with Gasteiger partial charge in [0, 0.05) is 6.21 Å². The summed E-state index contributed by atoms with van der Waals surface area (Å²) in [6, 6.07) is 0. The molecule has 0 amide bonds. The fourth-order valence-electron chi connectivity index (χ4n) is 0.276. The number of hydrogen-bond acceptors (Lipinski definition) is 3. The normalized spacial score (nSPS) is 14.4. The zero-order chi connectivity index (χ0) is 6.41. The highest BCUT2D eigenvalue weighted by Crippen LogP contribution is 1.72. The summed E-state index contributed by atoms with van der Waals surface area (Å²) >= 11 is 0. The maximum Gasteiger partial charge on any atom is 0.0701 e. The number of nitrogens with one attached hydrogen (secondary N) is 1. The SMILES string of the molecule is C/C=N/NCC(C)O. The molecule has 0 rings (SSSR count). The lowest BCUT2D eigenvalue weighted by Gasteiger charge is -2.00. The average molecular weight is 116 g/mol. The van der Waals surface area contributed by atoms with E-state index >= 15 is 0 Å². The van der Waals surface area contributed by atoms with Crippen molar-refractivity contribution in [3.8, 4) is 0 Å². The van der Waals surface area contributed by atoms with E-state index in [1.165, 1.54) is 0 Å². The lowest BCUT2D eigenvalue weighted by molar-refractivity contribution is 0.192. The summed E-state index contributed by atoms with van der Waals surface area (Å²) in [5.41, 5.74) is 2.65. The summed E-state index contributed by atoms with van der Waals surface area (Å²) in [5, 5.41) is 12.3. The molecule has 8 heavy (non-hydrogen) atoms. The first-order valence-electron chi connectivity index (χ1n) is 2.66. The minimum absolute atomic E-state index is 0.321. The van der Waals surface area contributed by atoms with E-state index in [0.29, 0.717) is 6.54 Å². The van der Waals surface area contributed by atoms with Crippen molar-refractivity contribution in [2.24, 2.45) is 5.10 Å². The molecular weight excluding hydrogens is 104 g/mol. The van der Waals surface area contributed by atoms with Crippen molar-refractivity contribution >= 4 is 6.21 Å². The van der Waals surface area contributed by atoms with Gasteiger partial charge in [-0.25, -0.2) is 0 Å². The third-order valence-corrected chi connectivity index (χ3v) is 0.607. The van der Waals surface area contributed by atoms with Gasteiger partial charge in [-0.15, -0.1) is 0 Å². The van der Waals surface area contributed by atoms with Crippen LogP contribution in [0, 0.1) is 0 Å². The van der Waals surface area contributed by atoms with Crippen LogP contribution in [-0.2, 0) is 0 Å². The largest absolute Gasteiger partial charge is 0.392 e. The second-order valence-corrected chi connectivity index (χ2v) is 1.60. The van der Waals surface area contributed by atoms with Gasteiger partial charge in [0.2, 0.25) is 0 Å². The van der Waals surface area contributed by atoms with Crippen molar-refractivity contribution in [3.05, 3.63) is 0 Å². The summed E-state index contributed by atoms with van der Waals surface area (Å²) < 4.78 is 0. The van der Waals surface area contributed by atoms with E-state index in [-0.39, 0.29) is 6.10 Å². The standard InChI is InChI=1S/C5H12N2O/c1-3-6-7-4-5(2)8/h3,5,7-8H,4H2,1-2H3/b6-3+. The molecule has 0 aliphatic rings. The summed E-state index contributed by atoms with van der Waals surface area (Å²) in [6.45, 7) is 4.04. The lowest BCUT2D eigenvalue weighted by atomic mass is 10.4. The molecule has 1 atom stereocenters. The van der Waals surface area contributed by atoms with Crippen LogP contribution in [0.15, 0.2) is 5.10 Å². The van der Waals surface area contributed by atoms with Gasteiger partial charge in [-0.2, -0.15) is 5.10 Å². The van der Waals surface area contributed by atoms with Gasteiger partial charge >= 0.3 is 0 Å². The van der Waals surface area contributed by atoms with Crippen LogP contribution in [-0.4, -0.2) is 24.0 Å². The Morgan fingerprint density at radius 3 is 2.88 bits per heavy atom. The van der Waals surface area contributed by atoms with E-state index < -0.39 is 0 Å². The van der Waals surface area contributed by atoms with Crippen LogP contribution in [0.1, 0.15) is 13.8 Å². The van der Waals surface area contributed by atoms with Crippen molar-refractivity contribution in [3.63, 3.8) is 0 Å². The maximum atomic E-state index is 8.64. The molecule has 0 saturated carbocycles. The molecule has 0 saturated heterocycles. The molecule has 0 spiro atoms. The van der Waals surface area contributed by atoms with Crippen LogP contribution < -0.4 is 5.43 Å². The van der Waals surface area contributed by atoms with Gasteiger partial charge < -0.3 is 10.5 Å². The molecule has 3 heteroatoms. The molecule has 0 bridgehead atoms. The third-order valence-electron chi connectivity index (χ3n) is 0.607. The van der Waals surface area contributed by atoms with Gasteiger partial charge in [0.15, 0.2) is 0 Å². The van der Waals surface area contributed by atoms with E-state index in [1.54, 1.807) is 13.1 Å². The highest BCUT2D eigenvalue weighted by Gasteiger charge is 1.88. The third kappa shape index (κ3) is 5.43. The number of aliphatic hydroxyl groups excluding tert-OH is 1. The lowest BCUT2D eigenvalue weighted by Crippen LogP contribution is -2.19. The minimum atomic E-state index is -0.321. The first kappa shape index (κ1) is 7.43. The number of hydrogen-bond donors (Lipinski definition) is 2. The van der Waals surface area contributed by atoms with Gasteiger partial charge in [0.1, 0.15) is 0 Å². The van der Waals surface area contributed by atoms with Gasteiger partial charge in [-0.3, -0.25) is 0 Å². The molecule has 1 unspecified atom stereocenters. The Balaban J connectivity index is 2.93. The van der Waals surface area contributed by atoms with E-state index in [0.717, 1.165) is 0 Å². The Bertz CT molecular complexity index is 70.8. The Hall–Kier alpha value is -0.570. The van der Waals surface area contributed by atoms with Crippen LogP contribution in [0.2, 0.25) is 0 Å². The zero-order valence-corrected chi connectivity index (χ0v) is 5.26. The first-order valence-corrected chi connectivity index (χ1v) is 2.66. The summed E-state index contributed by atoms with van der Waals surface area (Å²) in [7, 11) is 0. The van der Waals surface area contributed by atoms with Crippen molar-refractivity contribution in [2.75, 3.05) is 6.54 Å². The topological polar surface area (TPSA) is 44.6 Å². The molecule has 0 heterocycles. The van der Waals surface area contributed by atoms with Crippen LogP contribution >= 0.6 is 0 Å². The molecule has 0 fully saturated rings. The van der Waals surface area contributed by atoms with Crippen LogP contribution in [0.25, 0.3) is 0 Å². The van der Waals surface area contributed by atoms with E-state index in [2.05, 4.69) is 10.5 Å². The number of rotatable bonds is 3. The molecular formula is C5H12N2O. The molecule has 3 nitrogen and oxygen atoms in total. The van der Waals surface area contributed by atoms with E-state index in [4.69, 9.17) is 5.11 Å². The second kappa shape index (κ2) is 4.59. The summed E-state index contributed by atoms with van der Waals surface area (Å²) in [4.78, 5) is 0. The molecule has 0 aromatic rings. The first-order chi connectivity index (χ1) is 3.77. The smallest absolute Gasteiger partial charge is 0.0701 e. The van der Waals surface area contributed by atoms with Crippen LogP contribution in [0.3, 0.4) is 0 Å². The fourth-order valence-corrected chi connectivity index (χ4v) is 0.276. The Labute approximate surface area is 49.4 Å². The molecule has 48 valence electrons. The number of aliphatic hydroxyl groups is 1. The average Bonchev–Trinajstić information content (AvgIpc) is 1.66. The zero-order valence-electron chi connectivity index (χ0n) is 5.26. The Morgan fingerprint density at radius 2 is 2.50 bits per heavy atom. The van der Waals surface area contributed by atoms with Gasteiger partial charge in [-0.1, -0.05) is 0 Å². The molecule has 0 radical (unpaired) electrons. The molecule has 0 aromatic heterocycles. The van der Waals surface area contributed by atoms with E-state index in [1.807, 2.05) is 6.92 Å². The van der Waals surface area contributed by atoms with Crippen molar-refractivity contribution in [1.29, 1.82) is 0 Å². The summed E-state index contributed by atoms with van der Waals surface area (Å²) in [5.74, 6) is 0. The monoisotopic (exact) mass is 116 g/mol. The maximum absolute atomic E-state index is 8.64. The quantitative estimate of drug-likeness (QED) is 0.401. The molecule has 0 aliphatic carbocycles. The van der Waals surface area contributed by atoms with Gasteiger partial charge in [0.05, 0.1) is 12.6 Å². The molecule has 2 N–H and O–H groups in total. The summed E-state index contributed by atoms with van der Waals surface area (Å²) in [6.07, 6.45) is 1.32. The predicted molar refractivity (Wildman–Crippen MR) is 33.8 cm³/mol. The highest BCUT2D eigenvalue weighted by atomic mass is 16.3. The second-order valence-electron chi connectivity index (χ2n) is 1.60. The highest BCUT2D eigenvalue weighted by molar-refractivity contribution is 5.52. The number of nitrogens with zero attached hydrogens (tertiary/aromatic N) is 1. The van der Waals surface area contributed by atoms with Gasteiger partial charge in [0.25, 0.3) is 0 Å².